The minimum absolute atomic E-state index is 0.844. The molecule has 0 saturated carbocycles. The van der Waals surface area contributed by atoms with Crippen molar-refractivity contribution in [1.29, 1.82) is 0 Å². The van der Waals surface area contributed by atoms with Crippen molar-refractivity contribution < 1.29 is 4.79 Å². The van der Waals surface area contributed by atoms with E-state index in [9.17, 15) is 4.79 Å². The molecule has 0 aromatic heterocycles. The average molecular weight is 336 g/mol. The Labute approximate surface area is 152 Å². The van der Waals surface area contributed by atoms with Gasteiger partial charge in [0.05, 0.1) is 0 Å². The van der Waals surface area contributed by atoms with Crippen molar-refractivity contribution in [2.24, 2.45) is 0 Å². The molecule has 0 heterocycles. The maximum Gasteiger partial charge on any atom is 0.312 e. The van der Waals surface area contributed by atoms with E-state index < -0.39 is 0 Å². The van der Waals surface area contributed by atoms with Gasteiger partial charge in [-0.15, -0.1) is 0 Å². The minimum Gasteiger partial charge on any atom is -0.334 e. The molecule has 2 aromatic rings. The van der Waals surface area contributed by atoms with Gasteiger partial charge in [-0.1, -0.05) is 73.5 Å². The summed E-state index contributed by atoms with van der Waals surface area (Å²) >= 11 is 0. The molecule has 0 atom stereocenters. The number of aryl methyl sites for hydroxylation is 2. The van der Waals surface area contributed by atoms with Crippen molar-refractivity contribution in [3.05, 3.63) is 71.8 Å². The van der Waals surface area contributed by atoms with E-state index in [2.05, 4.69) is 67.1 Å². The average Bonchev–Trinajstić information content (AvgIpc) is 2.67. The summed E-state index contributed by atoms with van der Waals surface area (Å²) in [5.41, 5.74) is 2.81. The van der Waals surface area contributed by atoms with Crippen LogP contribution in [-0.4, -0.2) is 24.4 Å². The lowest BCUT2D eigenvalue weighted by molar-refractivity contribution is 0.359. The Morgan fingerprint density at radius 2 is 1.04 bits per heavy atom. The molecule has 0 saturated heterocycles. The summed E-state index contributed by atoms with van der Waals surface area (Å²) in [5.74, 6) is 0. The molecule has 1 amide bonds. The van der Waals surface area contributed by atoms with E-state index in [0.717, 1.165) is 38.8 Å². The predicted molar refractivity (Wildman–Crippen MR) is 105 cm³/mol. The first kappa shape index (κ1) is 19.2. The minimum atomic E-state index is 0.844. The van der Waals surface area contributed by atoms with Crippen molar-refractivity contribution in [3.63, 3.8) is 0 Å². The molecule has 2 heteroatoms. The molecule has 0 fully saturated rings. The summed E-state index contributed by atoms with van der Waals surface area (Å²) in [6.45, 7) is 1.69. The lowest BCUT2D eigenvalue weighted by atomic mass is 10.1. The smallest absolute Gasteiger partial charge is 0.312 e. The molecule has 0 bridgehead atoms. The highest BCUT2D eigenvalue weighted by Crippen LogP contribution is 2.09. The zero-order valence-corrected chi connectivity index (χ0v) is 15.2. The van der Waals surface area contributed by atoms with Gasteiger partial charge in [-0.3, -0.25) is 4.79 Å². The second-order valence-corrected chi connectivity index (χ2v) is 6.67. The van der Waals surface area contributed by atoms with Gasteiger partial charge in [0.15, 0.2) is 0 Å². The van der Waals surface area contributed by atoms with Gasteiger partial charge >= 0.3 is 6.41 Å². The molecule has 0 aliphatic carbocycles. The van der Waals surface area contributed by atoms with E-state index in [4.69, 9.17) is 0 Å². The second-order valence-electron chi connectivity index (χ2n) is 6.67. The Morgan fingerprint density at radius 1 is 0.600 bits per heavy atom. The number of hydrogen-bond acceptors (Lipinski definition) is 1. The summed E-state index contributed by atoms with van der Waals surface area (Å²) in [5, 5.41) is 0. The summed E-state index contributed by atoms with van der Waals surface area (Å²) in [7, 11) is 0. The molecule has 0 aliphatic heterocycles. The van der Waals surface area contributed by atoms with E-state index in [1.807, 2.05) is 4.90 Å². The lowest BCUT2D eigenvalue weighted by Gasteiger charge is -2.16. The number of unbranched alkanes of at least 4 members (excludes halogenated alkanes) is 4. The number of nitrogens with zero attached hydrogens (tertiary/aromatic N) is 1. The molecule has 0 spiro atoms. The van der Waals surface area contributed by atoms with Gasteiger partial charge in [0.25, 0.3) is 0 Å². The topological polar surface area (TPSA) is 20.3 Å². The van der Waals surface area contributed by atoms with Crippen molar-refractivity contribution >= 4 is 6.41 Å². The first-order chi connectivity index (χ1) is 12.4. The molecule has 0 unspecified atom stereocenters. The zero-order valence-electron chi connectivity index (χ0n) is 15.2. The summed E-state index contributed by atoms with van der Waals surface area (Å²) in [6.07, 6.45) is 11.2. The summed E-state index contributed by atoms with van der Waals surface area (Å²) in [6, 6.07) is 21.2. The van der Waals surface area contributed by atoms with E-state index in [0.29, 0.717) is 0 Å². The van der Waals surface area contributed by atoms with Gasteiger partial charge < -0.3 is 4.90 Å². The van der Waals surface area contributed by atoms with Crippen molar-refractivity contribution in [2.45, 2.75) is 51.4 Å². The van der Waals surface area contributed by atoms with Gasteiger partial charge in [0.1, 0.15) is 0 Å². The molecular formula is C23H30NO. The number of benzene rings is 2. The van der Waals surface area contributed by atoms with Crippen LogP contribution in [0.3, 0.4) is 0 Å². The Kier molecular flexibility index (Phi) is 9.46. The predicted octanol–water partition coefficient (Wildman–Crippen LogP) is 5.18. The van der Waals surface area contributed by atoms with Crippen molar-refractivity contribution in [1.82, 2.24) is 4.90 Å². The van der Waals surface area contributed by atoms with Crippen LogP contribution in [0.1, 0.15) is 49.7 Å². The van der Waals surface area contributed by atoms with Gasteiger partial charge in [-0.2, -0.15) is 0 Å². The van der Waals surface area contributed by atoms with Crippen molar-refractivity contribution in [2.75, 3.05) is 13.1 Å². The van der Waals surface area contributed by atoms with Crippen molar-refractivity contribution in [3.8, 4) is 0 Å². The normalized spacial score (nSPS) is 10.6. The third-order valence-corrected chi connectivity index (χ3v) is 4.60. The van der Waals surface area contributed by atoms with E-state index in [1.54, 1.807) is 0 Å². The van der Waals surface area contributed by atoms with Gasteiger partial charge in [0.2, 0.25) is 0 Å². The fourth-order valence-corrected chi connectivity index (χ4v) is 3.11. The van der Waals surface area contributed by atoms with Crippen LogP contribution < -0.4 is 0 Å². The third-order valence-electron chi connectivity index (χ3n) is 4.60. The SMILES string of the molecule is O=[C]N(CCCCCc1ccccc1)CCCCCc1ccccc1. The maximum absolute atomic E-state index is 11.1. The van der Waals surface area contributed by atoms with Crippen LogP contribution in [0.4, 0.5) is 0 Å². The Hall–Kier alpha value is -2.09. The summed E-state index contributed by atoms with van der Waals surface area (Å²) in [4.78, 5) is 12.9. The Morgan fingerprint density at radius 3 is 1.44 bits per heavy atom. The number of rotatable bonds is 13. The van der Waals surface area contributed by atoms with Gasteiger partial charge in [-0.25, -0.2) is 0 Å². The number of amides is 1. The van der Waals surface area contributed by atoms with Crippen LogP contribution in [-0.2, 0) is 17.6 Å². The molecule has 2 nitrogen and oxygen atoms in total. The quantitative estimate of drug-likeness (QED) is 0.364. The van der Waals surface area contributed by atoms with Crippen LogP contribution in [0.15, 0.2) is 60.7 Å². The highest BCUT2D eigenvalue weighted by Gasteiger charge is 2.03. The van der Waals surface area contributed by atoms with Crippen LogP contribution in [0, 0.1) is 0 Å². The molecule has 2 aromatic carbocycles. The largest absolute Gasteiger partial charge is 0.334 e. The molecule has 0 N–H and O–H groups in total. The van der Waals surface area contributed by atoms with Crippen LogP contribution in [0.25, 0.3) is 0 Å². The maximum atomic E-state index is 11.1. The number of carbonyl (C=O) groups excluding carboxylic acids is 1. The molecule has 25 heavy (non-hydrogen) atoms. The van der Waals surface area contributed by atoms with Gasteiger partial charge in [-0.05, 0) is 49.7 Å². The van der Waals surface area contributed by atoms with E-state index in [1.165, 1.54) is 36.8 Å². The fraction of sp³-hybridized carbons (Fsp3) is 0.435. The zero-order chi connectivity index (χ0) is 17.6. The molecular weight excluding hydrogens is 306 g/mol. The Bertz CT molecular complexity index is 518. The van der Waals surface area contributed by atoms with E-state index >= 15 is 0 Å². The monoisotopic (exact) mass is 336 g/mol. The number of hydrogen-bond donors (Lipinski definition) is 0. The lowest BCUT2D eigenvalue weighted by Crippen LogP contribution is -2.24. The molecule has 2 rings (SSSR count). The highest BCUT2D eigenvalue weighted by atomic mass is 16.1. The van der Waals surface area contributed by atoms with Gasteiger partial charge in [0, 0.05) is 13.1 Å². The van der Waals surface area contributed by atoms with Crippen LogP contribution in [0.2, 0.25) is 0 Å². The second kappa shape index (κ2) is 12.3. The first-order valence-electron chi connectivity index (χ1n) is 9.59. The third kappa shape index (κ3) is 8.53. The highest BCUT2D eigenvalue weighted by molar-refractivity contribution is 5.47. The fourth-order valence-electron chi connectivity index (χ4n) is 3.11. The first-order valence-corrected chi connectivity index (χ1v) is 9.59. The molecule has 0 aliphatic rings. The van der Waals surface area contributed by atoms with Crippen LogP contribution >= 0.6 is 0 Å². The Balaban J connectivity index is 1.48. The standard InChI is InChI=1S/C23H30NO/c25-21-24(19-11-3-9-17-22-13-5-1-6-14-22)20-12-4-10-18-23-15-7-2-8-16-23/h1-2,5-8,13-16H,3-4,9-12,17-20H2. The molecule has 133 valence electrons. The van der Waals surface area contributed by atoms with Crippen LogP contribution in [0.5, 0.6) is 0 Å². The molecule has 1 radical (unpaired) electrons. The summed E-state index contributed by atoms with van der Waals surface area (Å²) < 4.78 is 0. The van der Waals surface area contributed by atoms with E-state index in [-0.39, 0.29) is 0 Å².